The van der Waals surface area contributed by atoms with E-state index in [-0.39, 0.29) is 0 Å². The number of thioether (sulfide) groups is 1. The molecule has 0 heterocycles. The van der Waals surface area contributed by atoms with E-state index in [0.717, 1.165) is 6.54 Å². The number of alkyl halides is 1. The van der Waals surface area contributed by atoms with Crippen molar-refractivity contribution in [3.63, 3.8) is 0 Å². The van der Waals surface area contributed by atoms with Crippen molar-refractivity contribution in [1.29, 1.82) is 0 Å². The van der Waals surface area contributed by atoms with Gasteiger partial charge in [0.15, 0.2) is 0 Å². The minimum Gasteiger partial charge on any atom is -0.289 e. The Hall–Kier alpha value is -0.180. The van der Waals surface area contributed by atoms with Crippen LogP contribution < -0.4 is 0 Å². The highest BCUT2D eigenvalue weighted by Crippen LogP contribution is 2.23. The van der Waals surface area contributed by atoms with Crippen molar-refractivity contribution < 1.29 is 0 Å². The third-order valence-electron chi connectivity index (χ3n) is 1.95. The maximum atomic E-state index is 5.72. The molecule has 3 heteroatoms. The Morgan fingerprint density at radius 3 is 2.33 bits per heavy atom. The van der Waals surface area contributed by atoms with Gasteiger partial charge in [0.25, 0.3) is 0 Å². The fraction of sp³-hybridized carbons (Fsp3) is 0.500. The molecule has 0 N–H and O–H groups in total. The summed E-state index contributed by atoms with van der Waals surface area (Å²) in [5.74, 6) is 0. The molecule has 0 spiro atoms. The van der Waals surface area contributed by atoms with Crippen LogP contribution in [0.15, 0.2) is 29.2 Å². The molecule has 0 aliphatic carbocycles. The number of benzene rings is 1. The van der Waals surface area contributed by atoms with Crippen LogP contribution >= 0.6 is 23.4 Å². The predicted molar refractivity (Wildman–Crippen MR) is 69.6 cm³/mol. The van der Waals surface area contributed by atoms with Gasteiger partial charge in [-0.05, 0) is 24.7 Å². The van der Waals surface area contributed by atoms with Crippen LogP contribution in [0.4, 0.5) is 0 Å². The van der Waals surface area contributed by atoms with Crippen LogP contribution in [0.2, 0.25) is 0 Å². The Kier molecular flexibility index (Phi) is 5.51. The molecule has 1 nitrogen and oxygen atoms in total. The molecule has 0 aromatic heterocycles. The Morgan fingerprint density at radius 1 is 1.27 bits per heavy atom. The zero-order valence-corrected chi connectivity index (χ0v) is 11.1. The molecule has 15 heavy (non-hydrogen) atoms. The Labute approximate surface area is 102 Å². The van der Waals surface area contributed by atoms with E-state index in [4.69, 9.17) is 11.6 Å². The van der Waals surface area contributed by atoms with Crippen molar-refractivity contribution in [2.45, 2.75) is 30.5 Å². The first-order valence-corrected chi connectivity index (χ1v) is 6.53. The van der Waals surface area contributed by atoms with Crippen molar-refractivity contribution in [3.8, 4) is 0 Å². The molecule has 0 radical (unpaired) electrons. The van der Waals surface area contributed by atoms with Crippen LogP contribution in [0.25, 0.3) is 0 Å². The largest absolute Gasteiger partial charge is 0.289 e. The minimum absolute atomic E-state index is 0.572. The lowest BCUT2D eigenvalue weighted by molar-refractivity contribution is 0.382. The summed E-state index contributed by atoms with van der Waals surface area (Å²) in [5, 5.41) is 0.640. The van der Waals surface area contributed by atoms with Gasteiger partial charge in [-0.3, -0.25) is 4.90 Å². The molecule has 0 amide bonds. The minimum atomic E-state index is 0.572. The predicted octanol–water partition coefficient (Wildman–Crippen LogP) is 3.82. The molecule has 0 fully saturated rings. The standard InChI is InChI=1S/C12H18ClNS/c1-10(2)15-12-6-4-11(5-7-12)8-14(3)9-13/h4-7,10H,8-9H2,1-3H3. The highest BCUT2D eigenvalue weighted by molar-refractivity contribution is 7.99. The number of nitrogens with zero attached hydrogens (tertiary/aromatic N) is 1. The lowest BCUT2D eigenvalue weighted by Crippen LogP contribution is -2.15. The van der Waals surface area contributed by atoms with E-state index in [2.05, 4.69) is 43.0 Å². The first kappa shape index (κ1) is 12.9. The lowest BCUT2D eigenvalue weighted by atomic mass is 10.2. The molecule has 1 aromatic rings. The van der Waals surface area contributed by atoms with Gasteiger partial charge in [-0.15, -0.1) is 23.4 Å². The zero-order chi connectivity index (χ0) is 11.3. The Morgan fingerprint density at radius 2 is 1.87 bits per heavy atom. The van der Waals surface area contributed by atoms with Crippen LogP contribution in [-0.2, 0) is 6.54 Å². The number of halogens is 1. The van der Waals surface area contributed by atoms with Crippen LogP contribution in [0.3, 0.4) is 0 Å². The summed E-state index contributed by atoms with van der Waals surface area (Å²) in [5.41, 5.74) is 1.31. The molecule has 0 saturated carbocycles. The molecule has 0 unspecified atom stereocenters. The number of hydrogen-bond acceptors (Lipinski definition) is 2. The molecule has 0 saturated heterocycles. The van der Waals surface area contributed by atoms with E-state index in [1.54, 1.807) is 0 Å². The average molecular weight is 244 g/mol. The second-order valence-electron chi connectivity index (χ2n) is 3.94. The molecule has 0 aliphatic heterocycles. The van der Waals surface area contributed by atoms with E-state index in [1.165, 1.54) is 10.5 Å². The highest BCUT2D eigenvalue weighted by Gasteiger charge is 2.00. The lowest BCUT2D eigenvalue weighted by Gasteiger charge is -2.13. The topological polar surface area (TPSA) is 3.24 Å². The van der Waals surface area contributed by atoms with E-state index in [0.29, 0.717) is 11.3 Å². The SMILES string of the molecule is CC(C)Sc1ccc(CN(C)CCl)cc1. The van der Waals surface area contributed by atoms with Crippen molar-refractivity contribution in [2.75, 3.05) is 13.1 Å². The summed E-state index contributed by atoms with van der Waals surface area (Å²) in [4.78, 5) is 3.41. The zero-order valence-electron chi connectivity index (χ0n) is 9.53. The second kappa shape index (κ2) is 6.41. The molecule has 0 bridgehead atoms. The number of hydrogen-bond donors (Lipinski definition) is 0. The van der Waals surface area contributed by atoms with Crippen molar-refractivity contribution in [2.24, 2.45) is 0 Å². The fourth-order valence-electron chi connectivity index (χ4n) is 1.30. The maximum Gasteiger partial charge on any atom is 0.0738 e. The van der Waals surface area contributed by atoms with E-state index in [9.17, 15) is 0 Å². The summed E-state index contributed by atoms with van der Waals surface area (Å²) in [6, 6.07) is 9.29. The second-order valence-corrected chi connectivity index (χ2v) is 5.83. The normalized spacial score (nSPS) is 11.3. The van der Waals surface area contributed by atoms with Crippen LogP contribution in [0.5, 0.6) is 0 Å². The quantitative estimate of drug-likeness (QED) is 0.440. The molecule has 0 atom stereocenters. The summed E-state index contributed by atoms with van der Waals surface area (Å²) < 4.78 is 0. The van der Waals surface area contributed by atoms with Gasteiger partial charge in [-0.2, -0.15) is 0 Å². The number of rotatable bonds is 5. The Bertz CT molecular complexity index is 284. The first-order valence-electron chi connectivity index (χ1n) is 5.12. The van der Waals surface area contributed by atoms with E-state index in [1.807, 2.05) is 18.8 Å². The fourth-order valence-corrected chi connectivity index (χ4v) is 2.22. The third-order valence-corrected chi connectivity index (χ3v) is 3.38. The van der Waals surface area contributed by atoms with Gasteiger partial charge in [0.05, 0.1) is 6.00 Å². The molecule has 1 rings (SSSR count). The van der Waals surface area contributed by atoms with Gasteiger partial charge in [0, 0.05) is 16.7 Å². The van der Waals surface area contributed by atoms with Gasteiger partial charge in [-0.1, -0.05) is 26.0 Å². The van der Waals surface area contributed by atoms with Crippen molar-refractivity contribution in [3.05, 3.63) is 29.8 Å². The maximum absolute atomic E-state index is 5.72. The van der Waals surface area contributed by atoms with Crippen LogP contribution in [-0.4, -0.2) is 23.2 Å². The summed E-state index contributed by atoms with van der Waals surface area (Å²) >= 11 is 7.62. The summed E-state index contributed by atoms with van der Waals surface area (Å²) in [6.45, 7) is 5.33. The highest BCUT2D eigenvalue weighted by atomic mass is 35.5. The molecular weight excluding hydrogens is 226 g/mol. The first-order chi connectivity index (χ1) is 7.11. The summed E-state index contributed by atoms with van der Waals surface area (Å²) in [7, 11) is 2.02. The van der Waals surface area contributed by atoms with Gasteiger partial charge in [0.2, 0.25) is 0 Å². The van der Waals surface area contributed by atoms with Crippen molar-refractivity contribution in [1.82, 2.24) is 4.90 Å². The van der Waals surface area contributed by atoms with E-state index >= 15 is 0 Å². The monoisotopic (exact) mass is 243 g/mol. The van der Waals surface area contributed by atoms with Gasteiger partial charge < -0.3 is 0 Å². The third kappa shape index (κ3) is 4.92. The van der Waals surface area contributed by atoms with Crippen molar-refractivity contribution >= 4 is 23.4 Å². The molecule has 0 aliphatic rings. The van der Waals surface area contributed by atoms with Crippen LogP contribution in [0, 0.1) is 0 Å². The smallest absolute Gasteiger partial charge is 0.0738 e. The summed E-state index contributed by atoms with van der Waals surface area (Å²) in [6.07, 6.45) is 0. The average Bonchev–Trinajstić information content (AvgIpc) is 2.20. The van der Waals surface area contributed by atoms with Gasteiger partial charge >= 0.3 is 0 Å². The van der Waals surface area contributed by atoms with Gasteiger partial charge in [0.1, 0.15) is 0 Å². The molecule has 84 valence electrons. The van der Waals surface area contributed by atoms with Gasteiger partial charge in [-0.25, -0.2) is 0 Å². The van der Waals surface area contributed by atoms with Crippen LogP contribution in [0.1, 0.15) is 19.4 Å². The van der Waals surface area contributed by atoms with E-state index < -0.39 is 0 Å². The Balaban J connectivity index is 2.56. The molecular formula is C12H18ClNS. The molecule has 1 aromatic carbocycles.